The van der Waals surface area contributed by atoms with Gasteiger partial charge in [0.25, 0.3) is 5.69 Å². The molecule has 0 aromatic heterocycles. The Hall–Kier alpha value is -5.92. The second-order valence-corrected chi connectivity index (χ2v) is 11.3. The molecule has 0 fully saturated rings. The zero-order valence-corrected chi connectivity index (χ0v) is 35.6. The molecule has 19 nitrogen and oxygen atoms in total. The molecule has 0 bridgehead atoms. The number of carbonyl (C=O) groups is 6. The highest BCUT2D eigenvalue weighted by atomic mass is 16.7. The summed E-state index contributed by atoms with van der Waals surface area (Å²) >= 11 is 0. The maximum Gasteiger partial charge on any atom is 0.514 e. The van der Waals surface area contributed by atoms with Gasteiger partial charge in [-0.2, -0.15) is 0 Å². The molecule has 1 atom stereocenters. The summed E-state index contributed by atoms with van der Waals surface area (Å²) in [6, 6.07) is 10.4. The Labute approximate surface area is 350 Å². The maximum absolute atomic E-state index is 12.1. The van der Waals surface area contributed by atoms with Crippen molar-refractivity contribution >= 4 is 49.1 Å². The second kappa shape index (κ2) is 46.5. The number of nitrogens with one attached hydrogen (secondary N) is 3. The first-order chi connectivity index (χ1) is 27.7. The van der Waals surface area contributed by atoms with Crippen molar-refractivity contribution in [2.24, 2.45) is 23.1 Å². The highest BCUT2D eigenvalue weighted by Crippen LogP contribution is 2.21. The van der Waals surface area contributed by atoms with Gasteiger partial charge in [0, 0.05) is 23.9 Å². The molecule has 4 amide bonds. The number of nitro benzene ring substituents is 1. The molecule has 1 unspecified atom stereocenters. The van der Waals surface area contributed by atoms with Gasteiger partial charge in [0.2, 0.25) is 18.7 Å². The number of non-ortho nitro benzene ring substituents is 1. The fourth-order valence-electron chi connectivity index (χ4n) is 3.43. The molecular formula is C40H72N8O11. The normalized spacial score (nSPS) is 9.31. The molecular weight excluding hydrogens is 768 g/mol. The van der Waals surface area contributed by atoms with Gasteiger partial charge in [-0.05, 0) is 102 Å². The SMILES string of the molecule is C.C=CCOC(=O)NC(C)C(C)C.C=O.CC.CCCN.CN.CN(C)CCCc1cc(NC(=O)CNC=O)ccc1COC(=O)Oc1ccc([N+](=O)[O-])cc1.NC=O. The summed E-state index contributed by atoms with van der Waals surface area (Å²) in [5.41, 5.74) is 15.8. The lowest BCUT2D eigenvalue weighted by Gasteiger charge is -2.16. The van der Waals surface area contributed by atoms with Gasteiger partial charge in [-0.15, -0.1) is 0 Å². The van der Waals surface area contributed by atoms with Crippen molar-refractivity contribution in [2.45, 2.75) is 80.9 Å². The first-order valence-corrected chi connectivity index (χ1v) is 18.3. The number of primary amides is 1. The molecule has 0 saturated carbocycles. The Balaban J connectivity index is -0.000000223. The Kier molecular flexibility index (Phi) is 51.2. The van der Waals surface area contributed by atoms with Crippen LogP contribution >= 0.6 is 0 Å². The molecule has 19 heteroatoms. The van der Waals surface area contributed by atoms with E-state index in [2.05, 4.69) is 45.8 Å². The van der Waals surface area contributed by atoms with E-state index in [1.807, 2.05) is 55.5 Å². The molecule has 0 heterocycles. The van der Waals surface area contributed by atoms with E-state index in [1.54, 1.807) is 24.3 Å². The number of hydrogen-bond donors (Lipinski definition) is 6. The summed E-state index contributed by atoms with van der Waals surface area (Å²) in [7, 11) is 5.43. The Bertz CT molecular complexity index is 1380. The number of hydrogen-bond acceptors (Lipinski definition) is 14. The van der Waals surface area contributed by atoms with Crippen LogP contribution in [0.5, 0.6) is 5.75 Å². The average Bonchev–Trinajstić information content (AvgIpc) is 3.21. The maximum atomic E-state index is 12.1. The summed E-state index contributed by atoms with van der Waals surface area (Å²) in [5, 5.41) is 18.4. The van der Waals surface area contributed by atoms with Gasteiger partial charge in [-0.25, -0.2) is 9.59 Å². The van der Waals surface area contributed by atoms with Crippen molar-refractivity contribution < 1.29 is 47.9 Å². The van der Waals surface area contributed by atoms with Crippen LogP contribution in [0, 0.1) is 16.0 Å². The van der Waals surface area contributed by atoms with Gasteiger partial charge in [-0.1, -0.05) is 60.8 Å². The van der Waals surface area contributed by atoms with Crippen LogP contribution in [0.4, 0.5) is 21.0 Å². The van der Waals surface area contributed by atoms with Crippen molar-refractivity contribution in [3.05, 3.63) is 76.4 Å². The number of ether oxygens (including phenoxy) is 3. The topological polar surface area (TPSA) is 291 Å². The minimum atomic E-state index is -0.944. The second-order valence-electron chi connectivity index (χ2n) is 11.3. The third-order valence-electron chi connectivity index (χ3n) is 6.45. The number of nitrogens with zero attached hydrogens (tertiary/aromatic N) is 2. The van der Waals surface area contributed by atoms with Gasteiger partial charge in [0.05, 0.1) is 11.5 Å². The molecule has 59 heavy (non-hydrogen) atoms. The van der Waals surface area contributed by atoms with Crippen LogP contribution in [0.25, 0.3) is 0 Å². The van der Waals surface area contributed by atoms with E-state index in [1.165, 1.54) is 31.3 Å². The van der Waals surface area contributed by atoms with Crippen LogP contribution in [-0.4, -0.2) is 101 Å². The van der Waals surface area contributed by atoms with Crippen molar-refractivity contribution in [3.63, 3.8) is 0 Å². The van der Waals surface area contributed by atoms with Gasteiger partial charge < -0.3 is 57.1 Å². The van der Waals surface area contributed by atoms with E-state index < -0.39 is 11.1 Å². The third-order valence-corrected chi connectivity index (χ3v) is 6.45. The van der Waals surface area contributed by atoms with E-state index in [-0.39, 0.29) is 63.1 Å². The number of anilines is 1. The number of rotatable bonds is 17. The number of alkyl carbamates (subject to hydrolysis) is 1. The van der Waals surface area contributed by atoms with Crippen LogP contribution in [-0.2, 0) is 41.7 Å². The number of carbonyl (C=O) groups excluding carboxylic acids is 6. The molecule has 9 N–H and O–H groups in total. The lowest BCUT2D eigenvalue weighted by Crippen LogP contribution is -2.36. The molecule has 0 radical (unpaired) electrons. The summed E-state index contributed by atoms with van der Waals surface area (Å²) in [5.74, 6) is 0.178. The van der Waals surface area contributed by atoms with E-state index in [9.17, 15) is 29.3 Å². The third kappa shape index (κ3) is 40.1. The van der Waals surface area contributed by atoms with Crippen molar-refractivity contribution in [1.82, 2.24) is 15.5 Å². The number of benzene rings is 2. The lowest BCUT2D eigenvalue weighted by molar-refractivity contribution is -0.384. The van der Waals surface area contributed by atoms with E-state index in [0.29, 0.717) is 24.4 Å². The molecule has 0 aliphatic heterocycles. The number of nitrogens with two attached hydrogens (primary N) is 3. The Morgan fingerprint density at radius 3 is 1.97 bits per heavy atom. The molecule has 2 rings (SSSR count). The molecule has 2 aromatic rings. The highest BCUT2D eigenvalue weighted by molar-refractivity contribution is 5.93. The van der Waals surface area contributed by atoms with E-state index in [4.69, 9.17) is 29.5 Å². The van der Waals surface area contributed by atoms with Crippen LogP contribution in [0.3, 0.4) is 0 Å². The van der Waals surface area contributed by atoms with Crippen LogP contribution in [0.15, 0.2) is 55.1 Å². The first-order valence-electron chi connectivity index (χ1n) is 18.3. The van der Waals surface area contributed by atoms with Crippen LogP contribution < -0.4 is 37.9 Å². The zero-order chi connectivity index (χ0) is 45.9. The summed E-state index contributed by atoms with van der Waals surface area (Å²) in [6.07, 6.45) is 3.54. The molecule has 338 valence electrons. The molecule has 0 aliphatic carbocycles. The van der Waals surface area contributed by atoms with Crippen molar-refractivity contribution in [3.8, 4) is 5.75 Å². The van der Waals surface area contributed by atoms with Crippen LogP contribution in [0.2, 0.25) is 0 Å². The number of amides is 4. The van der Waals surface area contributed by atoms with Crippen molar-refractivity contribution in [2.75, 3.05) is 52.7 Å². The molecule has 2 aromatic carbocycles. The zero-order valence-electron chi connectivity index (χ0n) is 35.6. The largest absolute Gasteiger partial charge is 0.514 e. The standard InChI is InChI=1S/C22H26N4O7.C9H17NO2.C3H9N.C2H6.CH3NO.CH5N.CH2O.CH4/c1-25(2)11-3-4-16-12-18(24-21(28)13-23-15-27)6-5-17(16)14-32-22(29)33-20-9-7-19(8-10-20)26(30)31;1-5-6-12-9(11)10-8(4)7(2)3;1-2-3-4;1-2;2-1-3;2*1-2;/h5-10,12,15H,3-4,11,13-14H2,1-2H3,(H,23,27)(H,24,28);5,7-8H,1,6H2,2-4H3,(H,10,11);2-4H2,1H3;1-2H3;1H,(H2,2,3);2H2,1H3;1H2;1H4. The van der Waals surface area contributed by atoms with Crippen molar-refractivity contribution in [1.29, 1.82) is 0 Å². The summed E-state index contributed by atoms with van der Waals surface area (Å²) in [6.45, 7) is 19.3. The molecule has 0 saturated heterocycles. The predicted molar refractivity (Wildman–Crippen MR) is 234 cm³/mol. The summed E-state index contributed by atoms with van der Waals surface area (Å²) < 4.78 is 15.0. The molecule has 0 aliphatic rings. The monoisotopic (exact) mass is 841 g/mol. The average molecular weight is 841 g/mol. The fourth-order valence-corrected chi connectivity index (χ4v) is 3.43. The number of aryl methyl sites for hydroxylation is 1. The van der Waals surface area contributed by atoms with Gasteiger partial charge in [-0.3, -0.25) is 24.5 Å². The van der Waals surface area contributed by atoms with Gasteiger partial charge >= 0.3 is 12.2 Å². The van der Waals surface area contributed by atoms with Gasteiger partial charge in [0.15, 0.2) is 0 Å². The highest BCUT2D eigenvalue weighted by Gasteiger charge is 2.13. The minimum absolute atomic E-state index is 0. The van der Waals surface area contributed by atoms with Crippen LogP contribution in [0.1, 0.15) is 72.9 Å². The predicted octanol–water partition coefficient (Wildman–Crippen LogP) is 4.94. The van der Waals surface area contributed by atoms with E-state index >= 15 is 0 Å². The molecule has 0 spiro atoms. The first kappa shape index (κ1) is 65.0. The van der Waals surface area contributed by atoms with E-state index in [0.717, 1.165) is 37.1 Å². The Morgan fingerprint density at radius 1 is 0.983 bits per heavy atom. The van der Waals surface area contributed by atoms with Gasteiger partial charge in [0.1, 0.15) is 25.8 Å². The smallest absolute Gasteiger partial charge is 0.445 e. The summed E-state index contributed by atoms with van der Waals surface area (Å²) in [4.78, 5) is 74.0. The lowest BCUT2D eigenvalue weighted by atomic mass is 10.0. The number of nitro groups is 1. The fraction of sp³-hybridized carbons (Fsp3) is 0.500. The Morgan fingerprint density at radius 2 is 1.53 bits per heavy atom. The minimum Gasteiger partial charge on any atom is -0.445 e. The quantitative estimate of drug-likeness (QED) is 0.0307.